The Bertz CT molecular complexity index is 600. The zero-order chi connectivity index (χ0) is 11.8. The summed E-state index contributed by atoms with van der Waals surface area (Å²) in [5, 5.41) is 0. The highest BCUT2D eigenvalue weighted by Crippen LogP contribution is 2.42. The Morgan fingerprint density at radius 1 is 1.00 bits per heavy atom. The molecule has 1 aliphatic rings. The first-order chi connectivity index (χ1) is 8.29. The van der Waals surface area contributed by atoms with Crippen LogP contribution in [0.3, 0.4) is 0 Å². The molecular weight excluding hydrogens is 212 g/mol. The van der Waals surface area contributed by atoms with Crippen molar-refractivity contribution in [1.29, 1.82) is 0 Å². The number of methoxy groups -OCH3 is 1. The van der Waals surface area contributed by atoms with E-state index >= 15 is 0 Å². The van der Waals surface area contributed by atoms with E-state index in [4.69, 9.17) is 9.47 Å². The van der Waals surface area contributed by atoms with E-state index in [0.29, 0.717) is 5.76 Å². The predicted octanol–water partition coefficient (Wildman–Crippen LogP) is 3.73. The van der Waals surface area contributed by atoms with E-state index in [9.17, 15) is 0 Å². The van der Waals surface area contributed by atoms with Crippen molar-refractivity contribution in [2.45, 2.75) is 0 Å². The zero-order valence-corrected chi connectivity index (χ0v) is 9.57. The molecule has 0 atom stereocenters. The summed E-state index contributed by atoms with van der Waals surface area (Å²) in [6, 6.07) is 13.9. The molecule has 0 fully saturated rings. The lowest BCUT2D eigenvalue weighted by Gasteiger charge is -2.22. The summed E-state index contributed by atoms with van der Waals surface area (Å²) < 4.78 is 10.9. The molecule has 0 saturated heterocycles. The van der Waals surface area contributed by atoms with Gasteiger partial charge in [-0.25, -0.2) is 0 Å². The van der Waals surface area contributed by atoms with Crippen LogP contribution in [0, 0.1) is 0 Å². The smallest absolute Gasteiger partial charge is 0.138 e. The van der Waals surface area contributed by atoms with Crippen molar-refractivity contribution in [3.05, 3.63) is 54.6 Å². The number of ether oxygens (including phenoxy) is 2. The molecule has 2 aromatic rings. The molecule has 0 bridgehead atoms. The Labute approximate surface area is 100 Å². The van der Waals surface area contributed by atoms with Gasteiger partial charge in [0.1, 0.15) is 17.3 Å². The standard InChI is InChI=1S/C15H12O2/c1-10-12-5-3-4-6-13(12)14-8-7-11(16-2)9-15(14)17-10/h3-9H,1H2,2H3. The number of hydrogen-bond acceptors (Lipinski definition) is 2. The molecule has 3 rings (SSSR count). The molecule has 0 N–H and O–H groups in total. The maximum atomic E-state index is 5.73. The van der Waals surface area contributed by atoms with Crippen LogP contribution in [0.15, 0.2) is 49.0 Å². The second-order valence-electron chi connectivity index (χ2n) is 3.93. The van der Waals surface area contributed by atoms with Gasteiger partial charge in [0.2, 0.25) is 0 Å². The Balaban J connectivity index is 2.24. The van der Waals surface area contributed by atoms with Crippen LogP contribution in [0.4, 0.5) is 0 Å². The third kappa shape index (κ3) is 1.49. The summed E-state index contributed by atoms with van der Waals surface area (Å²) in [5.41, 5.74) is 3.28. The van der Waals surface area contributed by atoms with Crippen LogP contribution in [0.1, 0.15) is 5.56 Å². The molecule has 17 heavy (non-hydrogen) atoms. The predicted molar refractivity (Wildman–Crippen MR) is 68.1 cm³/mol. The van der Waals surface area contributed by atoms with Crippen molar-refractivity contribution in [3.63, 3.8) is 0 Å². The normalized spacial score (nSPS) is 12.4. The lowest BCUT2D eigenvalue weighted by molar-refractivity contribution is 0.410. The van der Waals surface area contributed by atoms with Crippen LogP contribution in [0.2, 0.25) is 0 Å². The van der Waals surface area contributed by atoms with Crippen molar-refractivity contribution in [1.82, 2.24) is 0 Å². The number of fused-ring (bicyclic) bond motifs is 3. The van der Waals surface area contributed by atoms with Crippen LogP contribution in [-0.2, 0) is 0 Å². The van der Waals surface area contributed by atoms with E-state index in [1.165, 1.54) is 0 Å². The molecule has 0 aromatic heterocycles. The van der Waals surface area contributed by atoms with E-state index in [2.05, 4.69) is 12.6 Å². The first kappa shape index (κ1) is 9.97. The molecule has 84 valence electrons. The highest BCUT2D eigenvalue weighted by atomic mass is 16.5. The highest BCUT2D eigenvalue weighted by Gasteiger charge is 2.20. The van der Waals surface area contributed by atoms with Crippen LogP contribution in [0.25, 0.3) is 16.9 Å². The van der Waals surface area contributed by atoms with Gasteiger partial charge >= 0.3 is 0 Å². The van der Waals surface area contributed by atoms with Gasteiger partial charge in [0.15, 0.2) is 0 Å². The average molecular weight is 224 g/mol. The largest absolute Gasteiger partial charge is 0.497 e. The Morgan fingerprint density at radius 3 is 2.53 bits per heavy atom. The van der Waals surface area contributed by atoms with Crippen LogP contribution in [-0.4, -0.2) is 7.11 Å². The highest BCUT2D eigenvalue weighted by molar-refractivity contribution is 5.86. The SMILES string of the molecule is C=C1Oc2cc(OC)ccc2-c2ccccc21. The summed E-state index contributed by atoms with van der Waals surface area (Å²) >= 11 is 0. The molecule has 0 radical (unpaired) electrons. The fraction of sp³-hybridized carbons (Fsp3) is 0.0667. The molecule has 0 unspecified atom stereocenters. The van der Waals surface area contributed by atoms with Gasteiger partial charge in [0.05, 0.1) is 7.11 Å². The van der Waals surface area contributed by atoms with Crippen LogP contribution >= 0.6 is 0 Å². The Hall–Kier alpha value is -2.22. The molecule has 0 amide bonds. The van der Waals surface area contributed by atoms with E-state index in [1.807, 2.05) is 36.4 Å². The van der Waals surface area contributed by atoms with Crippen molar-refractivity contribution >= 4 is 5.76 Å². The molecule has 2 nitrogen and oxygen atoms in total. The summed E-state index contributed by atoms with van der Waals surface area (Å²) in [5.74, 6) is 2.27. The zero-order valence-electron chi connectivity index (χ0n) is 9.57. The van der Waals surface area contributed by atoms with Crippen LogP contribution < -0.4 is 9.47 Å². The van der Waals surface area contributed by atoms with Gasteiger partial charge in [-0.2, -0.15) is 0 Å². The lowest BCUT2D eigenvalue weighted by Crippen LogP contribution is -2.03. The number of hydrogen-bond donors (Lipinski definition) is 0. The molecule has 1 aliphatic heterocycles. The van der Waals surface area contributed by atoms with E-state index in [1.54, 1.807) is 7.11 Å². The van der Waals surface area contributed by atoms with Crippen molar-refractivity contribution < 1.29 is 9.47 Å². The van der Waals surface area contributed by atoms with Gasteiger partial charge in [-0.1, -0.05) is 30.8 Å². The third-order valence-electron chi connectivity index (χ3n) is 2.94. The van der Waals surface area contributed by atoms with Gasteiger partial charge in [-0.05, 0) is 17.7 Å². The summed E-state index contributed by atoms with van der Waals surface area (Å²) in [4.78, 5) is 0. The minimum Gasteiger partial charge on any atom is -0.497 e. The van der Waals surface area contributed by atoms with E-state index < -0.39 is 0 Å². The number of rotatable bonds is 1. The minimum atomic E-state index is 0.682. The van der Waals surface area contributed by atoms with Gasteiger partial charge in [0.25, 0.3) is 0 Å². The van der Waals surface area contributed by atoms with Gasteiger partial charge < -0.3 is 9.47 Å². The lowest BCUT2D eigenvalue weighted by atomic mass is 9.95. The topological polar surface area (TPSA) is 18.5 Å². The molecule has 2 aromatic carbocycles. The maximum absolute atomic E-state index is 5.73. The first-order valence-corrected chi connectivity index (χ1v) is 5.44. The van der Waals surface area contributed by atoms with Crippen molar-refractivity contribution in [2.24, 2.45) is 0 Å². The van der Waals surface area contributed by atoms with Gasteiger partial charge in [0, 0.05) is 17.2 Å². The maximum Gasteiger partial charge on any atom is 0.138 e. The molecule has 1 heterocycles. The molecule has 0 spiro atoms. The Kier molecular flexibility index (Phi) is 2.15. The summed E-state index contributed by atoms with van der Waals surface area (Å²) in [7, 11) is 1.65. The second-order valence-corrected chi connectivity index (χ2v) is 3.93. The molecular formula is C15H12O2. The van der Waals surface area contributed by atoms with Gasteiger partial charge in [-0.15, -0.1) is 0 Å². The molecule has 0 aliphatic carbocycles. The first-order valence-electron chi connectivity index (χ1n) is 5.44. The third-order valence-corrected chi connectivity index (χ3v) is 2.94. The van der Waals surface area contributed by atoms with E-state index in [-0.39, 0.29) is 0 Å². The van der Waals surface area contributed by atoms with Crippen molar-refractivity contribution in [2.75, 3.05) is 7.11 Å². The summed E-state index contributed by atoms with van der Waals surface area (Å²) in [6.45, 7) is 3.95. The fourth-order valence-corrected chi connectivity index (χ4v) is 2.09. The second kappa shape index (κ2) is 3.67. The van der Waals surface area contributed by atoms with E-state index in [0.717, 1.165) is 28.2 Å². The average Bonchev–Trinajstić information content (AvgIpc) is 2.38. The monoisotopic (exact) mass is 224 g/mol. The van der Waals surface area contributed by atoms with Crippen molar-refractivity contribution in [3.8, 4) is 22.6 Å². The summed E-state index contributed by atoms with van der Waals surface area (Å²) in [6.07, 6.45) is 0. The minimum absolute atomic E-state index is 0.682. The quantitative estimate of drug-likeness (QED) is 0.734. The Morgan fingerprint density at radius 2 is 1.76 bits per heavy atom. The molecule has 0 saturated carbocycles. The van der Waals surface area contributed by atoms with Crippen LogP contribution in [0.5, 0.6) is 11.5 Å². The number of benzene rings is 2. The molecule has 2 heteroatoms. The van der Waals surface area contributed by atoms with Gasteiger partial charge in [-0.3, -0.25) is 0 Å². The fourth-order valence-electron chi connectivity index (χ4n) is 2.09.